The Balaban J connectivity index is 0.00000210. The van der Waals surface area contributed by atoms with Gasteiger partial charge in [0.25, 0.3) is 5.91 Å². The van der Waals surface area contributed by atoms with Crippen molar-refractivity contribution in [3.63, 3.8) is 0 Å². The Morgan fingerprint density at radius 2 is 1.78 bits per heavy atom. The first-order chi connectivity index (χ1) is 12.7. The number of amides is 1. The van der Waals surface area contributed by atoms with Gasteiger partial charge in [-0.25, -0.2) is 9.67 Å². The second kappa shape index (κ2) is 8.33. The predicted octanol–water partition coefficient (Wildman–Crippen LogP) is 2.79. The number of aromatic nitrogens is 3. The highest BCUT2D eigenvalue weighted by Crippen LogP contribution is 2.22. The molecule has 1 fully saturated rings. The molecule has 1 aromatic heterocycles. The fourth-order valence-electron chi connectivity index (χ4n) is 3.22. The quantitative estimate of drug-likeness (QED) is 0.752. The minimum absolute atomic E-state index is 0. The van der Waals surface area contributed by atoms with Crippen LogP contribution in [0.4, 0.5) is 0 Å². The topological polar surface area (TPSA) is 63.1 Å². The Labute approximate surface area is 164 Å². The van der Waals surface area contributed by atoms with Crippen LogP contribution in [-0.4, -0.2) is 51.8 Å². The van der Waals surface area contributed by atoms with Crippen LogP contribution in [0.25, 0.3) is 17.1 Å². The number of rotatable bonds is 4. The summed E-state index contributed by atoms with van der Waals surface area (Å²) in [5.41, 5.74) is 1.80. The van der Waals surface area contributed by atoms with E-state index in [0.717, 1.165) is 30.8 Å². The molecule has 0 bridgehead atoms. The Morgan fingerprint density at radius 1 is 1.11 bits per heavy atom. The molecule has 1 unspecified atom stereocenters. The highest BCUT2D eigenvalue weighted by molar-refractivity contribution is 5.91. The maximum absolute atomic E-state index is 12.9. The summed E-state index contributed by atoms with van der Waals surface area (Å²) in [4.78, 5) is 19.3. The van der Waals surface area contributed by atoms with Crippen LogP contribution >= 0.6 is 12.4 Å². The maximum Gasteiger partial charge on any atom is 0.293 e. The van der Waals surface area contributed by atoms with E-state index in [0.29, 0.717) is 5.82 Å². The van der Waals surface area contributed by atoms with Crippen LogP contribution in [-0.2, 0) is 0 Å². The highest BCUT2D eigenvalue weighted by Gasteiger charge is 2.27. The van der Waals surface area contributed by atoms with Crippen LogP contribution in [0.15, 0.2) is 60.7 Å². The van der Waals surface area contributed by atoms with Crippen molar-refractivity contribution in [2.45, 2.75) is 12.5 Å². The molecule has 27 heavy (non-hydrogen) atoms. The van der Waals surface area contributed by atoms with Crippen molar-refractivity contribution in [2.75, 3.05) is 20.1 Å². The molecule has 1 amide bonds. The summed E-state index contributed by atoms with van der Waals surface area (Å²) in [5.74, 6) is 0.741. The fraction of sp³-hybridized carbons (Fsp3) is 0.250. The van der Waals surface area contributed by atoms with E-state index in [2.05, 4.69) is 15.4 Å². The van der Waals surface area contributed by atoms with Crippen LogP contribution in [0.3, 0.4) is 0 Å². The Bertz CT molecular complexity index is 834. The molecule has 0 aliphatic carbocycles. The lowest BCUT2D eigenvalue weighted by atomic mass is 10.2. The van der Waals surface area contributed by atoms with Gasteiger partial charge in [0.2, 0.25) is 5.82 Å². The fourth-order valence-corrected chi connectivity index (χ4v) is 3.22. The summed E-state index contributed by atoms with van der Waals surface area (Å²) >= 11 is 0. The van der Waals surface area contributed by atoms with E-state index in [1.54, 1.807) is 9.58 Å². The number of nitrogens with one attached hydrogen (secondary N) is 1. The summed E-state index contributed by atoms with van der Waals surface area (Å²) in [7, 11) is 1.82. The molecule has 1 N–H and O–H groups in total. The third-order valence-corrected chi connectivity index (χ3v) is 4.73. The standard InChI is InChI=1S/C20H21N5O.ClH/c1-24(17-12-13-21-14-17)20(26)18-22-19(15-8-4-2-5-9-15)25(23-18)16-10-6-3-7-11-16;/h2-11,17,21H,12-14H2,1H3;1H. The van der Waals surface area contributed by atoms with Crippen LogP contribution in [0.1, 0.15) is 17.0 Å². The van der Waals surface area contributed by atoms with Crippen molar-refractivity contribution >= 4 is 18.3 Å². The van der Waals surface area contributed by atoms with Crippen LogP contribution in [0.2, 0.25) is 0 Å². The summed E-state index contributed by atoms with van der Waals surface area (Å²) in [6.07, 6.45) is 0.952. The van der Waals surface area contributed by atoms with E-state index in [1.807, 2.05) is 67.7 Å². The molecule has 7 heteroatoms. The first-order valence-corrected chi connectivity index (χ1v) is 8.80. The average molecular weight is 384 g/mol. The first-order valence-electron chi connectivity index (χ1n) is 8.80. The monoisotopic (exact) mass is 383 g/mol. The van der Waals surface area contributed by atoms with Crippen LogP contribution < -0.4 is 5.32 Å². The normalized spacial score (nSPS) is 16.0. The Kier molecular flexibility index (Phi) is 5.88. The lowest BCUT2D eigenvalue weighted by Gasteiger charge is -2.22. The summed E-state index contributed by atoms with van der Waals surface area (Å²) in [6, 6.07) is 19.8. The van der Waals surface area contributed by atoms with Gasteiger partial charge in [-0.05, 0) is 25.1 Å². The van der Waals surface area contributed by atoms with Gasteiger partial charge < -0.3 is 10.2 Å². The molecule has 1 aliphatic rings. The molecular formula is C20H22ClN5O. The van der Waals surface area contributed by atoms with Gasteiger partial charge in [0.1, 0.15) is 0 Å². The van der Waals surface area contributed by atoms with E-state index < -0.39 is 0 Å². The molecule has 0 radical (unpaired) electrons. The van der Waals surface area contributed by atoms with Crippen molar-refractivity contribution < 1.29 is 4.79 Å². The summed E-state index contributed by atoms with van der Waals surface area (Å²) in [6.45, 7) is 1.75. The van der Waals surface area contributed by atoms with Crippen LogP contribution in [0, 0.1) is 0 Å². The van der Waals surface area contributed by atoms with E-state index in [9.17, 15) is 4.79 Å². The number of nitrogens with zero attached hydrogens (tertiary/aromatic N) is 4. The molecule has 2 heterocycles. The van der Waals surface area contributed by atoms with Crippen LogP contribution in [0.5, 0.6) is 0 Å². The minimum Gasteiger partial charge on any atom is -0.335 e. The highest BCUT2D eigenvalue weighted by atomic mass is 35.5. The molecule has 0 saturated carbocycles. The molecule has 1 saturated heterocycles. The third kappa shape index (κ3) is 3.86. The number of carbonyl (C=O) groups is 1. The van der Waals surface area contributed by atoms with Gasteiger partial charge in [-0.15, -0.1) is 17.5 Å². The zero-order chi connectivity index (χ0) is 17.9. The van der Waals surface area contributed by atoms with Gasteiger partial charge in [0.05, 0.1) is 5.69 Å². The maximum atomic E-state index is 12.9. The molecule has 3 aromatic rings. The minimum atomic E-state index is -0.148. The molecule has 1 aliphatic heterocycles. The number of carbonyl (C=O) groups excluding carboxylic acids is 1. The van der Waals surface area contributed by atoms with E-state index in [4.69, 9.17) is 0 Å². The number of hydrogen-bond acceptors (Lipinski definition) is 4. The number of likely N-dealkylation sites (N-methyl/N-ethyl adjacent to an activating group) is 1. The van der Waals surface area contributed by atoms with E-state index >= 15 is 0 Å². The molecule has 6 nitrogen and oxygen atoms in total. The van der Waals surface area contributed by atoms with Gasteiger partial charge in [-0.3, -0.25) is 4.79 Å². The Hall–Kier alpha value is -2.70. The first kappa shape index (κ1) is 19.1. The molecule has 140 valence electrons. The largest absolute Gasteiger partial charge is 0.335 e. The third-order valence-electron chi connectivity index (χ3n) is 4.73. The van der Waals surface area contributed by atoms with Gasteiger partial charge in [-0.2, -0.15) is 0 Å². The Morgan fingerprint density at radius 3 is 2.41 bits per heavy atom. The second-order valence-corrected chi connectivity index (χ2v) is 6.44. The second-order valence-electron chi connectivity index (χ2n) is 6.44. The lowest BCUT2D eigenvalue weighted by molar-refractivity contribution is 0.0731. The smallest absolute Gasteiger partial charge is 0.293 e. The van der Waals surface area contributed by atoms with E-state index in [1.165, 1.54) is 0 Å². The number of para-hydroxylation sites is 1. The van der Waals surface area contributed by atoms with Gasteiger partial charge in [-0.1, -0.05) is 48.5 Å². The van der Waals surface area contributed by atoms with Crippen molar-refractivity contribution in [3.8, 4) is 17.1 Å². The zero-order valence-corrected chi connectivity index (χ0v) is 15.9. The SMILES string of the molecule is CN(C(=O)c1nc(-c2ccccc2)n(-c2ccccc2)n1)C1CCNC1.Cl. The zero-order valence-electron chi connectivity index (χ0n) is 15.1. The number of benzene rings is 2. The average Bonchev–Trinajstić information content (AvgIpc) is 3.38. The molecule has 2 aromatic carbocycles. The number of halogens is 1. The van der Waals surface area contributed by atoms with Gasteiger partial charge in [0.15, 0.2) is 5.82 Å². The lowest BCUT2D eigenvalue weighted by Crippen LogP contribution is -2.38. The summed E-state index contributed by atoms with van der Waals surface area (Å²) < 4.78 is 1.74. The van der Waals surface area contributed by atoms with Gasteiger partial charge >= 0.3 is 0 Å². The molecule has 1 atom stereocenters. The predicted molar refractivity (Wildman–Crippen MR) is 107 cm³/mol. The van der Waals surface area contributed by atoms with E-state index in [-0.39, 0.29) is 30.2 Å². The molecular weight excluding hydrogens is 362 g/mol. The van der Waals surface area contributed by atoms with Crippen molar-refractivity contribution in [2.24, 2.45) is 0 Å². The summed E-state index contributed by atoms with van der Waals surface area (Å²) in [5, 5.41) is 7.83. The molecule has 4 rings (SSSR count). The van der Waals surface area contributed by atoms with Gasteiger partial charge in [0, 0.05) is 25.2 Å². The van der Waals surface area contributed by atoms with Crippen molar-refractivity contribution in [3.05, 3.63) is 66.5 Å². The van der Waals surface area contributed by atoms with Crippen molar-refractivity contribution in [1.82, 2.24) is 25.0 Å². The van der Waals surface area contributed by atoms with Crippen molar-refractivity contribution in [1.29, 1.82) is 0 Å². The number of hydrogen-bond donors (Lipinski definition) is 1. The molecule has 0 spiro atoms.